The smallest absolute Gasteiger partial charge is 0.323 e. The fraction of sp³-hybridized carbons (Fsp3) is 0.533. The van der Waals surface area contributed by atoms with E-state index in [4.69, 9.17) is 4.74 Å². The molecule has 0 fully saturated rings. The minimum Gasteiger partial charge on any atom is -0.496 e. The Labute approximate surface area is 124 Å². The molecule has 0 bridgehead atoms. The molecule has 0 aliphatic heterocycles. The summed E-state index contributed by atoms with van der Waals surface area (Å²) in [6, 6.07) is 7.87. The number of aliphatic carboxylic acids is 1. The number of hydrogen-bond acceptors (Lipinski definition) is 4. The molecule has 20 heavy (non-hydrogen) atoms. The van der Waals surface area contributed by atoms with E-state index in [2.05, 4.69) is 5.32 Å². The van der Waals surface area contributed by atoms with Crippen molar-refractivity contribution in [3.8, 4) is 5.75 Å². The molecular weight excluding hydrogens is 274 g/mol. The molecule has 0 spiro atoms. The minimum absolute atomic E-state index is 0.582. The Morgan fingerprint density at radius 2 is 2.15 bits per heavy atom. The number of benzene rings is 1. The van der Waals surface area contributed by atoms with Crippen LogP contribution < -0.4 is 10.1 Å². The normalized spacial score (nSPS) is 13.8. The molecule has 0 heterocycles. The third-order valence-corrected chi connectivity index (χ3v) is 4.71. The highest BCUT2D eigenvalue weighted by Gasteiger charge is 2.33. The maximum Gasteiger partial charge on any atom is 0.323 e. The zero-order valence-corrected chi connectivity index (χ0v) is 13.1. The first-order chi connectivity index (χ1) is 9.59. The summed E-state index contributed by atoms with van der Waals surface area (Å²) in [5, 5.41) is 12.3. The van der Waals surface area contributed by atoms with E-state index in [0.717, 1.165) is 22.8 Å². The van der Waals surface area contributed by atoms with Gasteiger partial charge in [0, 0.05) is 4.90 Å². The minimum atomic E-state index is -0.804. The molecule has 4 nitrogen and oxygen atoms in total. The van der Waals surface area contributed by atoms with Gasteiger partial charge in [-0.1, -0.05) is 19.1 Å². The number of likely N-dealkylation sites (N-methyl/N-ethyl adjacent to an activating group) is 1. The van der Waals surface area contributed by atoms with Crippen LogP contribution in [0.3, 0.4) is 0 Å². The molecule has 1 aromatic carbocycles. The number of nitrogens with one attached hydrogen (secondary N) is 1. The quantitative estimate of drug-likeness (QED) is 0.542. The van der Waals surface area contributed by atoms with Crippen LogP contribution in [0.1, 0.15) is 26.2 Å². The fourth-order valence-corrected chi connectivity index (χ4v) is 3.11. The highest BCUT2D eigenvalue weighted by molar-refractivity contribution is 7.99. The molecule has 1 rings (SSSR count). The van der Waals surface area contributed by atoms with Gasteiger partial charge in [-0.2, -0.15) is 0 Å². The second-order valence-corrected chi connectivity index (χ2v) is 5.73. The standard InChI is InChI=1S/C15H23NO3S/c1-4-15(16-2,14(17)18)10-7-11-20-13-9-6-5-8-12(13)19-3/h5-6,8-9,16H,4,7,10-11H2,1-3H3,(H,17,18). The number of rotatable bonds is 9. The van der Waals surface area contributed by atoms with Gasteiger partial charge in [-0.25, -0.2) is 0 Å². The summed E-state index contributed by atoms with van der Waals surface area (Å²) in [6.45, 7) is 1.90. The van der Waals surface area contributed by atoms with Gasteiger partial charge in [0.25, 0.3) is 0 Å². The fourth-order valence-electron chi connectivity index (χ4n) is 2.14. The van der Waals surface area contributed by atoms with E-state index in [1.165, 1.54) is 0 Å². The molecule has 0 saturated carbocycles. The summed E-state index contributed by atoms with van der Waals surface area (Å²) in [7, 11) is 3.37. The first kappa shape index (κ1) is 16.9. The molecule has 112 valence electrons. The Morgan fingerprint density at radius 1 is 1.45 bits per heavy atom. The van der Waals surface area contributed by atoms with Gasteiger partial charge in [0.2, 0.25) is 0 Å². The predicted octanol–water partition coefficient (Wildman–Crippen LogP) is 3.02. The molecule has 1 unspecified atom stereocenters. The molecule has 0 aromatic heterocycles. The summed E-state index contributed by atoms with van der Waals surface area (Å²) in [6.07, 6.45) is 2.04. The van der Waals surface area contributed by atoms with Crippen molar-refractivity contribution in [3.63, 3.8) is 0 Å². The van der Waals surface area contributed by atoms with Crippen LogP contribution in [-0.2, 0) is 4.79 Å². The topological polar surface area (TPSA) is 58.6 Å². The van der Waals surface area contributed by atoms with Gasteiger partial charge in [-0.3, -0.25) is 4.79 Å². The monoisotopic (exact) mass is 297 g/mol. The van der Waals surface area contributed by atoms with E-state index in [9.17, 15) is 9.90 Å². The average Bonchev–Trinajstić information content (AvgIpc) is 2.48. The summed E-state index contributed by atoms with van der Waals surface area (Å²) in [4.78, 5) is 12.5. The molecular formula is C15H23NO3S. The highest BCUT2D eigenvalue weighted by atomic mass is 32.2. The summed E-state index contributed by atoms with van der Waals surface area (Å²) in [5.41, 5.74) is -0.804. The Hall–Kier alpha value is -1.20. The maximum absolute atomic E-state index is 11.4. The lowest BCUT2D eigenvalue weighted by molar-refractivity contribution is -0.145. The number of carboxylic acid groups (broad SMARTS) is 1. The molecule has 2 N–H and O–H groups in total. The van der Waals surface area contributed by atoms with Crippen LogP contribution in [0.2, 0.25) is 0 Å². The van der Waals surface area contributed by atoms with Crippen LogP contribution in [0, 0.1) is 0 Å². The van der Waals surface area contributed by atoms with Gasteiger partial charge >= 0.3 is 5.97 Å². The Kier molecular flexibility index (Phi) is 6.88. The summed E-state index contributed by atoms with van der Waals surface area (Å²) >= 11 is 1.70. The van der Waals surface area contributed by atoms with E-state index >= 15 is 0 Å². The number of hydrogen-bond donors (Lipinski definition) is 2. The van der Waals surface area contributed by atoms with Crippen molar-refractivity contribution in [2.24, 2.45) is 0 Å². The van der Waals surface area contributed by atoms with Crippen molar-refractivity contribution in [3.05, 3.63) is 24.3 Å². The van der Waals surface area contributed by atoms with Crippen LogP contribution in [-0.4, -0.2) is 36.5 Å². The van der Waals surface area contributed by atoms with Crippen molar-refractivity contribution >= 4 is 17.7 Å². The third kappa shape index (κ3) is 4.15. The third-order valence-electron chi connectivity index (χ3n) is 3.57. The molecule has 1 atom stereocenters. The second kappa shape index (κ2) is 8.17. The number of para-hydroxylation sites is 1. The van der Waals surface area contributed by atoms with E-state index in [-0.39, 0.29) is 0 Å². The Balaban J connectivity index is 2.50. The van der Waals surface area contributed by atoms with Crippen molar-refractivity contribution in [2.75, 3.05) is 19.9 Å². The number of ether oxygens (including phenoxy) is 1. The Bertz CT molecular complexity index is 433. The van der Waals surface area contributed by atoms with Crippen LogP contribution in [0.25, 0.3) is 0 Å². The van der Waals surface area contributed by atoms with Gasteiger partial charge in [-0.15, -0.1) is 11.8 Å². The van der Waals surface area contributed by atoms with Crippen molar-refractivity contribution in [1.29, 1.82) is 0 Å². The van der Waals surface area contributed by atoms with E-state index in [1.54, 1.807) is 25.9 Å². The lowest BCUT2D eigenvalue weighted by Gasteiger charge is -2.27. The van der Waals surface area contributed by atoms with Gasteiger partial charge in [0.05, 0.1) is 7.11 Å². The van der Waals surface area contributed by atoms with Crippen LogP contribution in [0.5, 0.6) is 5.75 Å². The first-order valence-corrected chi connectivity index (χ1v) is 7.76. The van der Waals surface area contributed by atoms with Crippen molar-refractivity contribution in [1.82, 2.24) is 5.32 Å². The lowest BCUT2D eigenvalue weighted by atomic mass is 9.91. The van der Waals surface area contributed by atoms with Gasteiger partial charge in [-0.05, 0) is 44.2 Å². The number of carboxylic acids is 1. The molecule has 0 aliphatic carbocycles. The summed E-state index contributed by atoms with van der Waals surface area (Å²) < 4.78 is 5.30. The lowest BCUT2D eigenvalue weighted by Crippen LogP contribution is -2.49. The number of carbonyl (C=O) groups is 1. The summed E-state index contributed by atoms with van der Waals surface area (Å²) in [5.74, 6) is 0.966. The van der Waals surface area contributed by atoms with Gasteiger partial charge in [0.15, 0.2) is 0 Å². The van der Waals surface area contributed by atoms with Crippen molar-refractivity contribution < 1.29 is 14.6 Å². The van der Waals surface area contributed by atoms with Crippen LogP contribution >= 0.6 is 11.8 Å². The van der Waals surface area contributed by atoms with Crippen LogP contribution in [0.4, 0.5) is 0 Å². The van der Waals surface area contributed by atoms with Gasteiger partial charge in [0.1, 0.15) is 11.3 Å². The first-order valence-electron chi connectivity index (χ1n) is 6.77. The maximum atomic E-state index is 11.4. The zero-order chi connectivity index (χ0) is 15.0. The van der Waals surface area contributed by atoms with Crippen LogP contribution in [0.15, 0.2) is 29.2 Å². The van der Waals surface area contributed by atoms with E-state index < -0.39 is 11.5 Å². The highest BCUT2D eigenvalue weighted by Crippen LogP contribution is 2.30. The zero-order valence-electron chi connectivity index (χ0n) is 12.3. The number of thioether (sulfide) groups is 1. The molecule has 0 saturated heterocycles. The SMILES string of the molecule is CCC(CCCSc1ccccc1OC)(NC)C(=O)O. The largest absolute Gasteiger partial charge is 0.496 e. The second-order valence-electron chi connectivity index (χ2n) is 4.59. The van der Waals surface area contributed by atoms with Crippen molar-refractivity contribution in [2.45, 2.75) is 36.6 Å². The van der Waals surface area contributed by atoms with E-state index in [0.29, 0.717) is 12.8 Å². The molecule has 0 aliphatic rings. The predicted molar refractivity (Wildman–Crippen MR) is 82.7 cm³/mol. The van der Waals surface area contributed by atoms with Gasteiger partial charge < -0.3 is 15.2 Å². The average molecular weight is 297 g/mol. The molecule has 1 aromatic rings. The van der Waals surface area contributed by atoms with E-state index in [1.807, 2.05) is 31.2 Å². The molecule has 5 heteroatoms. The molecule has 0 amide bonds. The molecule has 0 radical (unpaired) electrons. The Morgan fingerprint density at radius 3 is 2.70 bits per heavy atom. The number of methoxy groups -OCH3 is 1.